The SMILES string of the molecule is CCOC(=O)c1c(NC(=O)C(CC)Sc2nnnn2-c2ccccc2)sc2c1CCCC2. The van der Waals surface area contributed by atoms with E-state index in [4.69, 9.17) is 4.74 Å². The topological polar surface area (TPSA) is 99.0 Å². The number of esters is 1. The molecule has 8 nitrogen and oxygen atoms in total. The Labute approximate surface area is 194 Å². The molecule has 2 heterocycles. The van der Waals surface area contributed by atoms with Crippen LogP contribution in [0.2, 0.25) is 0 Å². The van der Waals surface area contributed by atoms with Crippen molar-refractivity contribution in [1.29, 1.82) is 0 Å². The van der Waals surface area contributed by atoms with E-state index < -0.39 is 5.25 Å². The first kappa shape index (κ1) is 22.5. The van der Waals surface area contributed by atoms with Crippen molar-refractivity contribution in [3.8, 4) is 5.69 Å². The second kappa shape index (κ2) is 10.3. The van der Waals surface area contributed by atoms with Crippen LogP contribution in [0.5, 0.6) is 0 Å². The first-order valence-electron chi connectivity index (χ1n) is 10.7. The molecule has 1 unspecified atom stereocenters. The van der Waals surface area contributed by atoms with Crippen LogP contribution in [0, 0.1) is 0 Å². The minimum atomic E-state index is -0.419. The summed E-state index contributed by atoms with van der Waals surface area (Å²) in [5, 5.41) is 15.7. The molecule has 3 aromatic rings. The second-order valence-corrected chi connectivity index (χ2v) is 9.62. The fourth-order valence-corrected chi connectivity index (χ4v) is 5.89. The highest BCUT2D eigenvalue weighted by Crippen LogP contribution is 2.39. The van der Waals surface area contributed by atoms with Crippen molar-refractivity contribution in [3.63, 3.8) is 0 Å². The molecule has 10 heteroatoms. The van der Waals surface area contributed by atoms with E-state index in [9.17, 15) is 9.59 Å². The Hall–Kier alpha value is -2.72. The maximum absolute atomic E-state index is 13.2. The number of anilines is 1. The van der Waals surface area contributed by atoms with Gasteiger partial charge < -0.3 is 10.1 Å². The molecule has 0 saturated heterocycles. The van der Waals surface area contributed by atoms with Crippen molar-refractivity contribution in [2.75, 3.05) is 11.9 Å². The molecule has 1 aliphatic carbocycles. The van der Waals surface area contributed by atoms with Gasteiger partial charge in [0.25, 0.3) is 0 Å². The van der Waals surface area contributed by atoms with Gasteiger partial charge in [0.1, 0.15) is 5.00 Å². The third-order valence-electron chi connectivity index (χ3n) is 5.24. The van der Waals surface area contributed by atoms with Crippen molar-refractivity contribution >= 4 is 40.0 Å². The van der Waals surface area contributed by atoms with E-state index in [0.717, 1.165) is 36.9 Å². The lowest BCUT2D eigenvalue weighted by Crippen LogP contribution is -2.25. The molecule has 4 rings (SSSR count). The zero-order chi connectivity index (χ0) is 22.5. The van der Waals surface area contributed by atoms with Crippen molar-refractivity contribution in [2.45, 2.75) is 56.4 Å². The minimum absolute atomic E-state index is 0.177. The zero-order valence-electron chi connectivity index (χ0n) is 18.0. The monoisotopic (exact) mass is 471 g/mol. The van der Waals surface area contributed by atoms with Gasteiger partial charge in [-0.15, -0.1) is 16.4 Å². The molecule has 1 N–H and O–H groups in total. The predicted molar refractivity (Wildman–Crippen MR) is 125 cm³/mol. The number of aryl methyl sites for hydroxylation is 1. The Morgan fingerprint density at radius 2 is 2.00 bits per heavy atom. The highest BCUT2D eigenvalue weighted by atomic mass is 32.2. The number of thiophene rings is 1. The Bertz CT molecular complexity index is 1100. The van der Waals surface area contributed by atoms with E-state index in [0.29, 0.717) is 28.7 Å². The molecule has 0 bridgehead atoms. The van der Waals surface area contributed by atoms with E-state index >= 15 is 0 Å². The van der Waals surface area contributed by atoms with Gasteiger partial charge in [-0.25, -0.2) is 4.79 Å². The molecule has 32 heavy (non-hydrogen) atoms. The number of carbonyl (C=O) groups is 2. The number of nitrogens with one attached hydrogen (secondary N) is 1. The summed E-state index contributed by atoms with van der Waals surface area (Å²) in [6.45, 7) is 4.03. The van der Waals surface area contributed by atoms with E-state index in [1.807, 2.05) is 37.3 Å². The van der Waals surface area contributed by atoms with Gasteiger partial charge in [-0.1, -0.05) is 36.9 Å². The predicted octanol–water partition coefficient (Wildman–Crippen LogP) is 4.29. The number of amides is 1. The van der Waals surface area contributed by atoms with Gasteiger partial charge in [-0.2, -0.15) is 4.68 Å². The quantitative estimate of drug-likeness (QED) is 0.386. The fraction of sp³-hybridized carbons (Fsp3) is 0.409. The standard InChI is InChI=1S/C22H25N5O3S2/c1-3-16(32-22-24-25-26-27(22)14-10-6-5-7-11-14)19(28)23-20-18(21(29)30-4-2)15-12-8-9-13-17(15)31-20/h5-7,10-11,16H,3-4,8-9,12-13H2,1-2H3,(H,23,28). The summed E-state index contributed by atoms with van der Waals surface area (Å²) in [6.07, 6.45) is 4.49. The second-order valence-electron chi connectivity index (χ2n) is 7.35. The molecule has 168 valence electrons. The Morgan fingerprint density at radius 3 is 2.75 bits per heavy atom. The number of hydrogen-bond donors (Lipinski definition) is 1. The average Bonchev–Trinajstić information content (AvgIpc) is 3.42. The number of hydrogen-bond acceptors (Lipinski definition) is 8. The zero-order valence-corrected chi connectivity index (χ0v) is 19.7. The van der Waals surface area contributed by atoms with Crippen LogP contribution in [0.15, 0.2) is 35.5 Å². The van der Waals surface area contributed by atoms with Crippen LogP contribution in [0.25, 0.3) is 5.69 Å². The first-order valence-corrected chi connectivity index (χ1v) is 12.4. The summed E-state index contributed by atoms with van der Waals surface area (Å²) >= 11 is 2.80. The number of rotatable bonds is 8. The highest BCUT2D eigenvalue weighted by Gasteiger charge is 2.29. The van der Waals surface area contributed by atoms with Gasteiger partial charge in [0, 0.05) is 4.88 Å². The van der Waals surface area contributed by atoms with Crippen molar-refractivity contribution in [3.05, 3.63) is 46.3 Å². The molecular formula is C22H25N5O3S2. The molecule has 1 aliphatic rings. The van der Waals surface area contributed by atoms with Crippen LogP contribution in [-0.2, 0) is 22.4 Å². The lowest BCUT2D eigenvalue weighted by molar-refractivity contribution is -0.115. The summed E-state index contributed by atoms with van der Waals surface area (Å²) in [5.74, 6) is -0.542. The lowest BCUT2D eigenvalue weighted by Gasteiger charge is -2.15. The Kier molecular flexibility index (Phi) is 7.21. The smallest absolute Gasteiger partial charge is 0.341 e. The van der Waals surface area contributed by atoms with Gasteiger partial charge in [0.2, 0.25) is 11.1 Å². The Morgan fingerprint density at radius 1 is 1.22 bits per heavy atom. The third kappa shape index (κ3) is 4.71. The van der Waals surface area contributed by atoms with E-state index in [2.05, 4.69) is 20.8 Å². The van der Waals surface area contributed by atoms with E-state index in [1.54, 1.807) is 11.6 Å². The Balaban J connectivity index is 1.56. The van der Waals surface area contributed by atoms with Gasteiger partial charge in [0.05, 0.1) is 23.1 Å². The molecule has 1 aromatic carbocycles. The number of benzene rings is 1. The van der Waals surface area contributed by atoms with Crippen molar-refractivity contribution in [1.82, 2.24) is 20.2 Å². The summed E-state index contributed by atoms with van der Waals surface area (Å²) < 4.78 is 6.91. The van der Waals surface area contributed by atoms with Crippen molar-refractivity contribution in [2.24, 2.45) is 0 Å². The number of nitrogens with zero attached hydrogens (tertiary/aromatic N) is 4. The third-order valence-corrected chi connectivity index (χ3v) is 7.74. The molecule has 1 amide bonds. The van der Waals surface area contributed by atoms with Gasteiger partial charge in [0.15, 0.2) is 0 Å². The van der Waals surface area contributed by atoms with Crippen LogP contribution < -0.4 is 5.32 Å². The maximum Gasteiger partial charge on any atom is 0.341 e. The first-order chi connectivity index (χ1) is 15.6. The number of tetrazole rings is 1. The number of para-hydroxylation sites is 1. The van der Waals surface area contributed by atoms with Gasteiger partial charge >= 0.3 is 5.97 Å². The molecule has 0 fully saturated rings. The maximum atomic E-state index is 13.2. The molecular weight excluding hydrogens is 446 g/mol. The fourth-order valence-electron chi connectivity index (χ4n) is 3.70. The van der Waals surface area contributed by atoms with E-state index in [1.165, 1.54) is 28.0 Å². The minimum Gasteiger partial charge on any atom is -0.462 e. The van der Waals surface area contributed by atoms with Crippen molar-refractivity contribution < 1.29 is 14.3 Å². The normalized spacial score (nSPS) is 13.9. The van der Waals surface area contributed by atoms with Crippen LogP contribution >= 0.6 is 23.1 Å². The molecule has 2 aromatic heterocycles. The summed E-state index contributed by atoms with van der Waals surface area (Å²) in [5.41, 5.74) is 2.38. The number of thioether (sulfide) groups is 1. The molecule has 0 saturated carbocycles. The van der Waals surface area contributed by atoms with Crippen LogP contribution in [-0.4, -0.2) is 43.9 Å². The average molecular weight is 472 g/mol. The van der Waals surface area contributed by atoms with Crippen LogP contribution in [0.3, 0.4) is 0 Å². The van der Waals surface area contributed by atoms with Crippen LogP contribution in [0.1, 0.15) is 53.9 Å². The molecule has 0 spiro atoms. The summed E-state index contributed by atoms with van der Waals surface area (Å²) in [7, 11) is 0. The van der Waals surface area contributed by atoms with E-state index in [-0.39, 0.29) is 11.9 Å². The molecule has 0 aliphatic heterocycles. The summed E-state index contributed by atoms with van der Waals surface area (Å²) in [6, 6.07) is 9.55. The number of aromatic nitrogens is 4. The van der Waals surface area contributed by atoms with Gasteiger partial charge in [-0.3, -0.25) is 4.79 Å². The van der Waals surface area contributed by atoms with Gasteiger partial charge in [-0.05, 0) is 67.2 Å². The number of fused-ring (bicyclic) bond motifs is 1. The van der Waals surface area contributed by atoms with Crippen LogP contribution in [0.4, 0.5) is 5.00 Å². The number of ether oxygens (including phenoxy) is 1. The molecule has 0 radical (unpaired) electrons. The highest BCUT2D eigenvalue weighted by molar-refractivity contribution is 8.00. The largest absolute Gasteiger partial charge is 0.462 e. The lowest BCUT2D eigenvalue weighted by atomic mass is 9.95. The number of carbonyl (C=O) groups excluding carboxylic acids is 2. The molecule has 1 atom stereocenters. The summed E-state index contributed by atoms with van der Waals surface area (Å²) in [4.78, 5) is 27.1.